The van der Waals surface area contributed by atoms with Gasteiger partial charge in [0.25, 0.3) is 5.92 Å². The van der Waals surface area contributed by atoms with Crippen molar-refractivity contribution in [1.82, 2.24) is 0 Å². The third-order valence-corrected chi connectivity index (χ3v) is 2.96. The zero-order valence-electron chi connectivity index (χ0n) is 7.54. The van der Waals surface area contributed by atoms with Gasteiger partial charge >= 0.3 is 6.18 Å². The van der Waals surface area contributed by atoms with E-state index >= 15 is 0 Å². The molecule has 1 fully saturated rings. The summed E-state index contributed by atoms with van der Waals surface area (Å²) in [5, 5.41) is 0. The molecule has 1 saturated carbocycles. The molecule has 0 aromatic rings. The molecule has 0 N–H and O–H groups in total. The molecule has 2 unspecified atom stereocenters. The van der Waals surface area contributed by atoms with Gasteiger partial charge in [-0.3, -0.25) is 0 Å². The quantitative estimate of drug-likeness (QED) is 0.571. The average Bonchev–Trinajstić information content (AvgIpc) is 2.21. The second kappa shape index (κ2) is 2.36. The van der Waals surface area contributed by atoms with E-state index in [-0.39, 0.29) is 0 Å². The highest BCUT2D eigenvalue weighted by molar-refractivity contribution is 5.15. The van der Waals surface area contributed by atoms with Crippen LogP contribution in [-0.2, 0) is 0 Å². The second-order valence-corrected chi connectivity index (χ2v) is 4.15. The maximum atomic E-state index is 12.9. The third-order valence-electron chi connectivity index (χ3n) is 2.96. The van der Waals surface area contributed by atoms with Crippen molar-refractivity contribution in [2.75, 3.05) is 0 Å². The Hall–Kier alpha value is -0.350. The Labute approximate surface area is 73.1 Å². The van der Waals surface area contributed by atoms with E-state index in [0.29, 0.717) is 0 Å². The van der Waals surface area contributed by atoms with Gasteiger partial charge in [0.15, 0.2) is 0 Å². The summed E-state index contributed by atoms with van der Waals surface area (Å²) in [7, 11) is 0. The second-order valence-electron chi connectivity index (χ2n) is 4.15. The summed E-state index contributed by atoms with van der Waals surface area (Å²) in [6.45, 7) is 3.15. The predicted octanol–water partition coefficient (Wildman–Crippen LogP) is 3.48. The van der Waals surface area contributed by atoms with Crippen molar-refractivity contribution < 1.29 is 22.0 Å². The lowest BCUT2D eigenvalue weighted by atomic mass is 9.99. The van der Waals surface area contributed by atoms with Crippen LogP contribution in [-0.4, -0.2) is 12.1 Å². The maximum absolute atomic E-state index is 12.9. The van der Waals surface area contributed by atoms with E-state index in [1.807, 2.05) is 0 Å². The van der Waals surface area contributed by atoms with E-state index < -0.39 is 29.3 Å². The zero-order valence-corrected chi connectivity index (χ0v) is 7.54. The lowest BCUT2D eigenvalue weighted by Crippen LogP contribution is -2.24. The molecule has 0 aromatic heterocycles. The van der Waals surface area contributed by atoms with Gasteiger partial charge in [0.1, 0.15) is 0 Å². The molecule has 5 heteroatoms. The Balaban J connectivity index is 2.80. The van der Waals surface area contributed by atoms with Crippen molar-refractivity contribution >= 4 is 0 Å². The van der Waals surface area contributed by atoms with E-state index in [4.69, 9.17) is 0 Å². The molecule has 1 aliphatic rings. The largest absolute Gasteiger partial charge is 0.392 e. The number of alkyl halides is 5. The van der Waals surface area contributed by atoms with Crippen LogP contribution in [0.1, 0.15) is 20.8 Å². The first kappa shape index (κ1) is 10.7. The van der Waals surface area contributed by atoms with Gasteiger partial charge in [-0.15, -0.1) is 0 Å². The van der Waals surface area contributed by atoms with Gasteiger partial charge in [0, 0.05) is 11.3 Å². The van der Waals surface area contributed by atoms with Crippen LogP contribution in [0.25, 0.3) is 0 Å². The summed E-state index contributed by atoms with van der Waals surface area (Å²) in [6.07, 6.45) is -4.53. The fourth-order valence-electron chi connectivity index (χ4n) is 1.82. The van der Waals surface area contributed by atoms with Crippen LogP contribution in [0.3, 0.4) is 0 Å². The average molecular weight is 202 g/mol. The fraction of sp³-hybridized carbons (Fsp3) is 1.00. The first-order valence-corrected chi connectivity index (χ1v) is 3.97. The molecule has 0 heterocycles. The van der Waals surface area contributed by atoms with Gasteiger partial charge in [-0.05, 0) is 0 Å². The van der Waals surface area contributed by atoms with Crippen molar-refractivity contribution in [3.05, 3.63) is 0 Å². The minimum atomic E-state index is -4.53. The molecule has 1 rings (SSSR count). The molecule has 0 bridgehead atoms. The Morgan fingerprint density at radius 1 is 1.15 bits per heavy atom. The van der Waals surface area contributed by atoms with Crippen molar-refractivity contribution in [3.63, 3.8) is 0 Å². The standard InChI is InChI=1S/C8H11F5/c1-4(8(11,12)13)5-6(2,3)7(5,9)10/h4-5H,1-3H3. The Morgan fingerprint density at radius 3 is 1.54 bits per heavy atom. The van der Waals surface area contributed by atoms with Gasteiger partial charge in [0.05, 0.1) is 5.92 Å². The summed E-state index contributed by atoms with van der Waals surface area (Å²) in [5.74, 6) is -6.68. The smallest absolute Gasteiger partial charge is 0.206 e. The molecule has 0 spiro atoms. The molecule has 0 radical (unpaired) electrons. The number of hydrogen-bond acceptors (Lipinski definition) is 0. The summed E-state index contributed by atoms with van der Waals surface area (Å²) in [4.78, 5) is 0. The molecule has 0 nitrogen and oxygen atoms in total. The molecule has 13 heavy (non-hydrogen) atoms. The zero-order chi connectivity index (χ0) is 10.7. The van der Waals surface area contributed by atoms with E-state index in [9.17, 15) is 22.0 Å². The van der Waals surface area contributed by atoms with Gasteiger partial charge in [-0.2, -0.15) is 13.2 Å². The summed E-state index contributed by atoms with van der Waals surface area (Å²) < 4.78 is 62.0. The highest BCUT2D eigenvalue weighted by Crippen LogP contribution is 2.70. The van der Waals surface area contributed by atoms with Crippen molar-refractivity contribution in [1.29, 1.82) is 0 Å². The van der Waals surface area contributed by atoms with Gasteiger partial charge in [-0.25, -0.2) is 8.78 Å². The Bertz CT molecular complexity index is 201. The molecular formula is C8H11F5. The Morgan fingerprint density at radius 2 is 1.46 bits per heavy atom. The molecule has 0 aromatic carbocycles. The third kappa shape index (κ3) is 1.32. The molecular weight excluding hydrogens is 191 g/mol. The molecule has 78 valence electrons. The number of hydrogen-bond donors (Lipinski definition) is 0. The monoisotopic (exact) mass is 202 g/mol. The number of halogens is 5. The lowest BCUT2D eigenvalue weighted by Gasteiger charge is -2.15. The van der Waals surface area contributed by atoms with Crippen LogP contribution in [0.2, 0.25) is 0 Å². The van der Waals surface area contributed by atoms with Crippen molar-refractivity contribution in [2.24, 2.45) is 17.3 Å². The van der Waals surface area contributed by atoms with Gasteiger partial charge < -0.3 is 0 Å². The summed E-state index contributed by atoms with van der Waals surface area (Å²) in [6, 6.07) is 0. The molecule has 0 aliphatic heterocycles. The van der Waals surface area contributed by atoms with E-state index in [0.717, 1.165) is 6.92 Å². The topological polar surface area (TPSA) is 0 Å². The maximum Gasteiger partial charge on any atom is 0.392 e. The normalized spacial score (nSPS) is 32.8. The van der Waals surface area contributed by atoms with Crippen molar-refractivity contribution in [3.8, 4) is 0 Å². The van der Waals surface area contributed by atoms with Crippen LogP contribution >= 0.6 is 0 Å². The Kier molecular flexibility index (Phi) is 1.95. The van der Waals surface area contributed by atoms with Crippen LogP contribution in [0.5, 0.6) is 0 Å². The summed E-state index contributed by atoms with van der Waals surface area (Å²) in [5.41, 5.74) is -1.51. The van der Waals surface area contributed by atoms with E-state index in [1.165, 1.54) is 13.8 Å². The van der Waals surface area contributed by atoms with Crippen LogP contribution in [0, 0.1) is 17.3 Å². The number of rotatable bonds is 1. The first-order valence-electron chi connectivity index (χ1n) is 3.97. The fourth-order valence-corrected chi connectivity index (χ4v) is 1.82. The molecule has 2 atom stereocenters. The molecule has 0 saturated heterocycles. The predicted molar refractivity (Wildman–Crippen MR) is 37.4 cm³/mol. The highest BCUT2D eigenvalue weighted by Gasteiger charge is 2.79. The molecule has 0 amide bonds. The lowest BCUT2D eigenvalue weighted by molar-refractivity contribution is -0.182. The van der Waals surface area contributed by atoms with E-state index in [2.05, 4.69) is 0 Å². The van der Waals surface area contributed by atoms with Crippen molar-refractivity contribution in [2.45, 2.75) is 32.9 Å². The van der Waals surface area contributed by atoms with Gasteiger partial charge in [0.2, 0.25) is 0 Å². The van der Waals surface area contributed by atoms with Crippen LogP contribution in [0.4, 0.5) is 22.0 Å². The summed E-state index contributed by atoms with van der Waals surface area (Å²) >= 11 is 0. The first-order chi connectivity index (χ1) is 5.53. The van der Waals surface area contributed by atoms with E-state index in [1.54, 1.807) is 0 Å². The highest BCUT2D eigenvalue weighted by atomic mass is 19.4. The van der Waals surface area contributed by atoms with Crippen LogP contribution in [0.15, 0.2) is 0 Å². The molecule has 1 aliphatic carbocycles. The van der Waals surface area contributed by atoms with Gasteiger partial charge in [-0.1, -0.05) is 20.8 Å². The SMILES string of the molecule is CC(C1C(C)(C)C1(F)F)C(F)(F)F. The van der Waals surface area contributed by atoms with Crippen LogP contribution < -0.4 is 0 Å². The minimum absolute atomic E-state index is 0.813. The minimum Gasteiger partial charge on any atom is -0.206 e.